The molecule has 1 aromatic heterocycles. The molecule has 1 saturated heterocycles. The fraction of sp³-hybridized carbons (Fsp3) is 0.700. The molecule has 0 saturated carbocycles. The zero-order valence-corrected chi connectivity index (χ0v) is 9.69. The predicted molar refractivity (Wildman–Crippen MR) is 61.4 cm³/mol. The molecule has 1 aromatic rings. The highest BCUT2D eigenvalue weighted by molar-refractivity contribution is 5.64. The van der Waals surface area contributed by atoms with Crippen LogP contribution >= 0.6 is 0 Å². The van der Waals surface area contributed by atoms with Crippen molar-refractivity contribution >= 4 is 11.5 Å². The standard InChI is InChI=1S/C10H18N4O2/c1-7-9(11)10(14(2)13-7)12-5-8-6-15-3-4-16-8/h8,12H,3-6,11H2,1-2H3. The lowest BCUT2D eigenvalue weighted by atomic mass is 10.3. The van der Waals surface area contributed by atoms with Gasteiger partial charge in [-0.1, -0.05) is 0 Å². The molecule has 0 amide bonds. The Morgan fingerprint density at radius 3 is 2.94 bits per heavy atom. The van der Waals surface area contributed by atoms with E-state index in [2.05, 4.69) is 10.4 Å². The molecule has 2 heterocycles. The van der Waals surface area contributed by atoms with Crippen molar-refractivity contribution in [2.75, 3.05) is 37.4 Å². The normalized spacial score (nSPS) is 21.0. The predicted octanol–water partition coefficient (Wildman–Crippen LogP) is 0.138. The number of anilines is 2. The van der Waals surface area contributed by atoms with Gasteiger partial charge < -0.3 is 20.5 Å². The second-order valence-corrected chi connectivity index (χ2v) is 3.92. The first-order valence-corrected chi connectivity index (χ1v) is 5.40. The number of aryl methyl sites for hydroxylation is 2. The molecule has 0 aliphatic carbocycles. The van der Waals surface area contributed by atoms with Crippen molar-refractivity contribution in [3.05, 3.63) is 5.69 Å². The number of aromatic nitrogens is 2. The zero-order chi connectivity index (χ0) is 11.5. The number of nitrogen functional groups attached to an aromatic ring is 1. The molecular weight excluding hydrogens is 208 g/mol. The third kappa shape index (κ3) is 2.28. The second kappa shape index (κ2) is 4.71. The van der Waals surface area contributed by atoms with Gasteiger partial charge in [0.05, 0.1) is 37.3 Å². The Morgan fingerprint density at radius 1 is 1.56 bits per heavy atom. The van der Waals surface area contributed by atoms with Crippen LogP contribution in [0.5, 0.6) is 0 Å². The number of ether oxygens (including phenoxy) is 2. The summed E-state index contributed by atoms with van der Waals surface area (Å²) in [5, 5.41) is 7.47. The molecule has 1 aliphatic rings. The quantitative estimate of drug-likeness (QED) is 0.766. The van der Waals surface area contributed by atoms with E-state index in [-0.39, 0.29) is 6.10 Å². The molecule has 1 atom stereocenters. The number of nitrogens with two attached hydrogens (primary N) is 1. The monoisotopic (exact) mass is 226 g/mol. The Bertz CT molecular complexity index is 358. The summed E-state index contributed by atoms with van der Waals surface area (Å²) in [4.78, 5) is 0. The lowest BCUT2D eigenvalue weighted by Gasteiger charge is -2.23. The van der Waals surface area contributed by atoms with Gasteiger partial charge in [-0.15, -0.1) is 0 Å². The molecule has 2 rings (SSSR count). The highest BCUT2D eigenvalue weighted by Crippen LogP contribution is 2.20. The Kier molecular flexibility index (Phi) is 3.31. The van der Waals surface area contributed by atoms with Crippen molar-refractivity contribution in [3.8, 4) is 0 Å². The third-order valence-electron chi connectivity index (χ3n) is 2.65. The summed E-state index contributed by atoms with van der Waals surface area (Å²) in [6.45, 7) is 4.54. The number of rotatable bonds is 3. The van der Waals surface area contributed by atoms with Gasteiger partial charge in [0, 0.05) is 13.6 Å². The molecule has 0 spiro atoms. The van der Waals surface area contributed by atoms with Crippen LogP contribution in [-0.4, -0.2) is 42.2 Å². The van der Waals surface area contributed by atoms with Crippen molar-refractivity contribution < 1.29 is 9.47 Å². The molecule has 0 aromatic carbocycles. The fourth-order valence-electron chi connectivity index (χ4n) is 1.75. The summed E-state index contributed by atoms with van der Waals surface area (Å²) in [5.74, 6) is 0.840. The Balaban J connectivity index is 1.93. The van der Waals surface area contributed by atoms with Crippen LogP contribution < -0.4 is 11.1 Å². The maximum atomic E-state index is 5.90. The Morgan fingerprint density at radius 2 is 2.38 bits per heavy atom. The van der Waals surface area contributed by atoms with Crippen LogP contribution in [0.2, 0.25) is 0 Å². The minimum absolute atomic E-state index is 0.0864. The summed E-state index contributed by atoms with van der Waals surface area (Å²) < 4.78 is 12.6. The van der Waals surface area contributed by atoms with E-state index in [1.54, 1.807) is 4.68 Å². The molecule has 90 valence electrons. The summed E-state index contributed by atoms with van der Waals surface area (Å²) in [7, 11) is 1.87. The van der Waals surface area contributed by atoms with Crippen LogP contribution in [0, 0.1) is 6.92 Å². The molecule has 0 radical (unpaired) electrons. The summed E-state index contributed by atoms with van der Waals surface area (Å²) in [6, 6.07) is 0. The van der Waals surface area contributed by atoms with Crippen molar-refractivity contribution in [1.29, 1.82) is 0 Å². The average Bonchev–Trinajstić information content (AvgIpc) is 2.53. The summed E-state index contributed by atoms with van der Waals surface area (Å²) in [6.07, 6.45) is 0.0864. The van der Waals surface area contributed by atoms with Crippen molar-refractivity contribution in [3.63, 3.8) is 0 Å². The first kappa shape index (κ1) is 11.2. The molecule has 16 heavy (non-hydrogen) atoms. The van der Waals surface area contributed by atoms with Gasteiger partial charge in [-0.05, 0) is 6.92 Å². The Labute approximate surface area is 94.7 Å². The highest BCUT2D eigenvalue weighted by atomic mass is 16.6. The maximum absolute atomic E-state index is 5.90. The smallest absolute Gasteiger partial charge is 0.147 e. The lowest BCUT2D eigenvalue weighted by molar-refractivity contribution is -0.0819. The number of hydrogen-bond donors (Lipinski definition) is 2. The van der Waals surface area contributed by atoms with E-state index < -0.39 is 0 Å². The van der Waals surface area contributed by atoms with E-state index in [1.165, 1.54) is 0 Å². The minimum atomic E-state index is 0.0864. The number of nitrogens with zero attached hydrogens (tertiary/aromatic N) is 2. The van der Waals surface area contributed by atoms with Crippen LogP contribution in [0.4, 0.5) is 11.5 Å². The Hall–Kier alpha value is -1.27. The number of hydrogen-bond acceptors (Lipinski definition) is 5. The van der Waals surface area contributed by atoms with Crippen LogP contribution in [0.3, 0.4) is 0 Å². The van der Waals surface area contributed by atoms with Gasteiger partial charge in [0.25, 0.3) is 0 Å². The average molecular weight is 226 g/mol. The van der Waals surface area contributed by atoms with Crippen molar-refractivity contribution in [2.45, 2.75) is 13.0 Å². The maximum Gasteiger partial charge on any atom is 0.147 e. The van der Waals surface area contributed by atoms with Gasteiger partial charge in [0.15, 0.2) is 0 Å². The molecule has 6 heteroatoms. The van der Waals surface area contributed by atoms with Gasteiger partial charge >= 0.3 is 0 Å². The van der Waals surface area contributed by atoms with E-state index in [0.29, 0.717) is 32.1 Å². The van der Waals surface area contributed by atoms with Crippen LogP contribution in [-0.2, 0) is 16.5 Å². The second-order valence-electron chi connectivity index (χ2n) is 3.92. The first-order chi connectivity index (χ1) is 7.68. The van der Waals surface area contributed by atoms with Crippen molar-refractivity contribution in [2.24, 2.45) is 7.05 Å². The largest absolute Gasteiger partial charge is 0.394 e. The SMILES string of the molecule is Cc1nn(C)c(NCC2COCCO2)c1N. The highest BCUT2D eigenvalue weighted by Gasteiger charge is 2.16. The first-order valence-electron chi connectivity index (χ1n) is 5.40. The van der Waals surface area contributed by atoms with E-state index in [1.807, 2.05) is 14.0 Å². The van der Waals surface area contributed by atoms with E-state index in [4.69, 9.17) is 15.2 Å². The van der Waals surface area contributed by atoms with E-state index in [0.717, 1.165) is 11.5 Å². The topological polar surface area (TPSA) is 74.3 Å². The van der Waals surface area contributed by atoms with Gasteiger partial charge in [0.2, 0.25) is 0 Å². The molecule has 3 N–H and O–H groups in total. The third-order valence-corrected chi connectivity index (χ3v) is 2.65. The minimum Gasteiger partial charge on any atom is -0.394 e. The zero-order valence-electron chi connectivity index (χ0n) is 9.69. The van der Waals surface area contributed by atoms with Gasteiger partial charge in [-0.25, -0.2) is 0 Å². The molecule has 0 bridgehead atoms. The van der Waals surface area contributed by atoms with Gasteiger partial charge in [-0.2, -0.15) is 5.10 Å². The molecule has 1 fully saturated rings. The molecule has 1 aliphatic heterocycles. The van der Waals surface area contributed by atoms with Gasteiger partial charge in [0.1, 0.15) is 5.82 Å². The van der Waals surface area contributed by atoms with Crippen molar-refractivity contribution in [1.82, 2.24) is 9.78 Å². The van der Waals surface area contributed by atoms with E-state index >= 15 is 0 Å². The fourth-order valence-corrected chi connectivity index (χ4v) is 1.75. The summed E-state index contributed by atoms with van der Waals surface area (Å²) in [5.41, 5.74) is 7.43. The van der Waals surface area contributed by atoms with Crippen LogP contribution in [0.1, 0.15) is 5.69 Å². The number of nitrogens with one attached hydrogen (secondary N) is 1. The lowest BCUT2D eigenvalue weighted by Crippen LogP contribution is -2.34. The van der Waals surface area contributed by atoms with Gasteiger partial charge in [-0.3, -0.25) is 4.68 Å². The molecular formula is C10H18N4O2. The van der Waals surface area contributed by atoms with Crippen LogP contribution in [0.25, 0.3) is 0 Å². The molecule has 6 nitrogen and oxygen atoms in total. The summed E-state index contributed by atoms with van der Waals surface area (Å²) >= 11 is 0. The molecule has 1 unspecified atom stereocenters. The van der Waals surface area contributed by atoms with Crippen LogP contribution in [0.15, 0.2) is 0 Å². The van der Waals surface area contributed by atoms with E-state index in [9.17, 15) is 0 Å².